The Labute approximate surface area is 159 Å². The molecule has 0 aromatic heterocycles. The standard InChI is InChI=1S/C23H24O4/c1-15-14-17(16-6-9-18(26-2)10-7-16)8-11-19(15)20-21(24)23(27-22(20)25)12-4-3-5-13-23/h6-11,14,24H,3-5,12-13H2,1-2H3. The minimum atomic E-state index is -0.800. The largest absolute Gasteiger partial charge is 0.507 e. The Hall–Kier alpha value is -2.75. The fraction of sp³-hybridized carbons (Fsp3) is 0.348. The van der Waals surface area contributed by atoms with Gasteiger partial charge in [0.15, 0.2) is 11.4 Å². The number of aryl methyl sites for hydroxylation is 1. The number of benzene rings is 2. The van der Waals surface area contributed by atoms with Gasteiger partial charge in [-0.3, -0.25) is 0 Å². The molecule has 4 heteroatoms. The molecule has 2 aliphatic rings. The normalized spacial score (nSPS) is 18.7. The van der Waals surface area contributed by atoms with E-state index in [4.69, 9.17) is 9.47 Å². The van der Waals surface area contributed by atoms with Crippen LogP contribution < -0.4 is 4.74 Å². The third-order valence-corrected chi connectivity index (χ3v) is 5.74. The molecule has 0 saturated heterocycles. The smallest absolute Gasteiger partial charge is 0.343 e. The van der Waals surface area contributed by atoms with Crippen molar-refractivity contribution in [1.29, 1.82) is 0 Å². The van der Waals surface area contributed by atoms with Gasteiger partial charge in [-0.05, 0) is 67.0 Å². The van der Waals surface area contributed by atoms with Crippen molar-refractivity contribution in [3.63, 3.8) is 0 Å². The molecule has 1 heterocycles. The lowest BCUT2D eigenvalue weighted by molar-refractivity contribution is -0.149. The molecule has 1 aliphatic carbocycles. The van der Waals surface area contributed by atoms with Crippen molar-refractivity contribution in [2.75, 3.05) is 7.11 Å². The van der Waals surface area contributed by atoms with Gasteiger partial charge >= 0.3 is 5.97 Å². The first-order valence-electron chi connectivity index (χ1n) is 9.46. The summed E-state index contributed by atoms with van der Waals surface area (Å²) in [6.07, 6.45) is 4.48. The maximum atomic E-state index is 12.6. The van der Waals surface area contributed by atoms with E-state index in [-0.39, 0.29) is 5.76 Å². The summed E-state index contributed by atoms with van der Waals surface area (Å²) in [6, 6.07) is 13.8. The lowest BCUT2D eigenvalue weighted by atomic mass is 9.82. The predicted octanol–water partition coefficient (Wildman–Crippen LogP) is 5.20. The molecule has 4 nitrogen and oxygen atoms in total. The van der Waals surface area contributed by atoms with E-state index in [1.54, 1.807) is 7.11 Å². The molecular formula is C23H24O4. The van der Waals surface area contributed by atoms with Crippen molar-refractivity contribution >= 4 is 11.5 Å². The molecule has 4 rings (SSSR count). The molecule has 140 valence electrons. The Morgan fingerprint density at radius 1 is 1.00 bits per heavy atom. The molecule has 0 radical (unpaired) electrons. The second-order valence-corrected chi connectivity index (χ2v) is 7.43. The molecule has 27 heavy (non-hydrogen) atoms. The van der Waals surface area contributed by atoms with Crippen molar-refractivity contribution in [2.24, 2.45) is 0 Å². The van der Waals surface area contributed by atoms with E-state index in [1.165, 1.54) is 0 Å². The fourth-order valence-electron chi connectivity index (χ4n) is 4.21. The van der Waals surface area contributed by atoms with E-state index in [9.17, 15) is 9.90 Å². The molecule has 0 atom stereocenters. The number of hydrogen-bond acceptors (Lipinski definition) is 4. The molecule has 2 aromatic carbocycles. The average molecular weight is 364 g/mol. The van der Waals surface area contributed by atoms with Crippen LogP contribution in [0.1, 0.15) is 43.2 Å². The van der Waals surface area contributed by atoms with E-state index < -0.39 is 11.6 Å². The third-order valence-electron chi connectivity index (χ3n) is 5.74. The number of carbonyl (C=O) groups excluding carboxylic acids is 1. The topological polar surface area (TPSA) is 55.8 Å². The highest BCUT2D eigenvalue weighted by atomic mass is 16.6. The van der Waals surface area contributed by atoms with Crippen molar-refractivity contribution < 1.29 is 19.4 Å². The quantitative estimate of drug-likeness (QED) is 0.761. The number of aliphatic hydroxyl groups excluding tert-OH is 1. The van der Waals surface area contributed by atoms with Gasteiger partial charge in [-0.2, -0.15) is 0 Å². The maximum absolute atomic E-state index is 12.6. The molecule has 1 aliphatic heterocycles. The Bertz CT molecular complexity index is 902. The van der Waals surface area contributed by atoms with E-state index in [0.29, 0.717) is 18.4 Å². The van der Waals surface area contributed by atoms with Crippen molar-refractivity contribution in [2.45, 2.75) is 44.6 Å². The SMILES string of the molecule is COc1ccc(-c2ccc(C3=C(O)C4(CCCCC4)OC3=O)c(C)c2)cc1. The minimum absolute atomic E-state index is 0.118. The van der Waals surface area contributed by atoms with Crippen LogP contribution in [-0.2, 0) is 9.53 Å². The van der Waals surface area contributed by atoms with Crippen LogP contribution in [0.3, 0.4) is 0 Å². The van der Waals surface area contributed by atoms with Crippen LogP contribution in [-0.4, -0.2) is 23.8 Å². The molecule has 1 fully saturated rings. The van der Waals surface area contributed by atoms with Gasteiger partial charge in [0.25, 0.3) is 0 Å². The van der Waals surface area contributed by atoms with Crippen molar-refractivity contribution in [1.82, 2.24) is 0 Å². The number of methoxy groups -OCH3 is 1. The van der Waals surface area contributed by atoms with Gasteiger partial charge in [-0.25, -0.2) is 4.79 Å². The van der Waals surface area contributed by atoms with E-state index >= 15 is 0 Å². The van der Waals surface area contributed by atoms with Crippen LogP contribution in [0.2, 0.25) is 0 Å². The zero-order chi connectivity index (χ0) is 19.0. The highest BCUT2D eigenvalue weighted by Gasteiger charge is 2.49. The summed E-state index contributed by atoms with van der Waals surface area (Å²) in [6.45, 7) is 1.96. The van der Waals surface area contributed by atoms with Crippen LogP contribution in [0.15, 0.2) is 48.2 Å². The minimum Gasteiger partial charge on any atom is -0.507 e. The van der Waals surface area contributed by atoms with Gasteiger partial charge in [-0.1, -0.05) is 36.8 Å². The van der Waals surface area contributed by atoms with Crippen LogP contribution in [0.5, 0.6) is 5.75 Å². The number of carbonyl (C=O) groups is 1. The van der Waals surface area contributed by atoms with E-state index in [1.807, 2.05) is 49.4 Å². The number of ether oxygens (including phenoxy) is 2. The highest BCUT2D eigenvalue weighted by molar-refractivity contribution is 6.20. The van der Waals surface area contributed by atoms with Crippen LogP contribution >= 0.6 is 0 Å². The lowest BCUT2D eigenvalue weighted by Gasteiger charge is -2.31. The van der Waals surface area contributed by atoms with Crippen molar-refractivity contribution in [3.05, 3.63) is 59.4 Å². The summed E-state index contributed by atoms with van der Waals surface area (Å²) in [5.41, 5.74) is 3.34. The first-order chi connectivity index (χ1) is 13.0. The first kappa shape index (κ1) is 17.7. The lowest BCUT2D eigenvalue weighted by Crippen LogP contribution is -2.34. The molecule has 1 saturated carbocycles. The number of esters is 1. The average Bonchev–Trinajstić information content (AvgIpc) is 2.92. The summed E-state index contributed by atoms with van der Waals surface area (Å²) in [5.74, 6) is 0.524. The summed E-state index contributed by atoms with van der Waals surface area (Å²) in [5, 5.41) is 10.9. The van der Waals surface area contributed by atoms with E-state index in [2.05, 4.69) is 0 Å². The molecule has 0 unspecified atom stereocenters. The van der Waals surface area contributed by atoms with Gasteiger partial charge in [0.1, 0.15) is 11.3 Å². The molecular weight excluding hydrogens is 340 g/mol. The number of aliphatic hydroxyl groups is 1. The van der Waals surface area contributed by atoms with Crippen LogP contribution in [0.25, 0.3) is 16.7 Å². The van der Waals surface area contributed by atoms with Gasteiger partial charge in [0, 0.05) is 0 Å². The Kier molecular flexibility index (Phi) is 4.42. The molecule has 0 amide bonds. The number of hydrogen-bond donors (Lipinski definition) is 1. The van der Waals surface area contributed by atoms with Gasteiger partial charge in [0.05, 0.1) is 7.11 Å². The summed E-state index contributed by atoms with van der Waals surface area (Å²) in [7, 11) is 1.65. The third kappa shape index (κ3) is 2.99. The first-order valence-corrected chi connectivity index (χ1v) is 9.46. The summed E-state index contributed by atoms with van der Waals surface area (Å²) < 4.78 is 10.9. The second kappa shape index (κ2) is 6.76. The predicted molar refractivity (Wildman–Crippen MR) is 105 cm³/mol. The van der Waals surface area contributed by atoms with Gasteiger partial charge < -0.3 is 14.6 Å². The van der Waals surface area contributed by atoms with Crippen LogP contribution in [0, 0.1) is 6.92 Å². The number of rotatable bonds is 3. The molecule has 1 N–H and O–H groups in total. The molecule has 2 aromatic rings. The summed E-state index contributed by atoms with van der Waals surface area (Å²) in [4.78, 5) is 12.6. The van der Waals surface area contributed by atoms with E-state index in [0.717, 1.165) is 47.3 Å². The van der Waals surface area contributed by atoms with Crippen LogP contribution in [0.4, 0.5) is 0 Å². The maximum Gasteiger partial charge on any atom is 0.343 e. The molecule has 0 bridgehead atoms. The molecule has 1 spiro atoms. The fourth-order valence-corrected chi connectivity index (χ4v) is 4.21. The Morgan fingerprint density at radius 3 is 2.30 bits per heavy atom. The van der Waals surface area contributed by atoms with Gasteiger partial charge in [0.2, 0.25) is 0 Å². The Morgan fingerprint density at radius 2 is 1.67 bits per heavy atom. The second-order valence-electron chi connectivity index (χ2n) is 7.43. The Balaban J connectivity index is 1.70. The zero-order valence-electron chi connectivity index (χ0n) is 15.7. The highest BCUT2D eigenvalue weighted by Crippen LogP contribution is 2.46. The van der Waals surface area contributed by atoms with Crippen molar-refractivity contribution in [3.8, 4) is 16.9 Å². The monoisotopic (exact) mass is 364 g/mol. The van der Waals surface area contributed by atoms with Gasteiger partial charge in [-0.15, -0.1) is 0 Å². The summed E-state index contributed by atoms with van der Waals surface area (Å²) >= 11 is 0. The zero-order valence-corrected chi connectivity index (χ0v) is 15.7.